The monoisotopic (exact) mass is 277 g/mol. The summed E-state index contributed by atoms with van der Waals surface area (Å²) in [5.41, 5.74) is 1.36. The number of nitrogens with zero attached hydrogens (tertiary/aromatic N) is 1. The van der Waals surface area contributed by atoms with Crippen molar-refractivity contribution in [1.82, 2.24) is 10.2 Å². The Morgan fingerprint density at radius 2 is 1.85 bits per heavy atom. The number of carbonyl (C=O) groups excluding carboxylic acids is 2. The van der Waals surface area contributed by atoms with E-state index in [1.165, 1.54) is 0 Å². The summed E-state index contributed by atoms with van der Waals surface area (Å²) in [7, 11) is 0. The third-order valence-corrected chi connectivity index (χ3v) is 3.02. The van der Waals surface area contributed by atoms with Crippen LogP contribution in [-0.4, -0.2) is 42.9 Å². The number of likely N-dealkylation sites (N-methyl/N-ethyl adjacent to an activating group) is 1. The maximum Gasteiger partial charge on any atom is 0.251 e. The normalized spacial score (nSPS) is 9.95. The highest BCUT2D eigenvalue weighted by atomic mass is 16.2. The quantitative estimate of drug-likeness (QED) is 0.797. The first-order valence-electron chi connectivity index (χ1n) is 7.02. The van der Waals surface area contributed by atoms with Gasteiger partial charge in [-0.3, -0.25) is 9.59 Å². The van der Waals surface area contributed by atoms with E-state index in [1.54, 1.807) is 23.1 Å². The molecule has 0 spiro atoms. The molecule has 1 aromatic rings. The second-order valence-electron chi connectivity index (χ2n) is 4.36. The van der Waals surface area contributed by atoms with E-state index in [0.717, 1.165) is 5.69 Å². The van der Waals surface area contributed by atoms with Gasteiger partial charge in [0.2, 0.25) is 5.91 Å². The van der Waals surface area contributed by atoms with Crippen molar-refractivity contribution in [1.29, 1.82) is 0 Å². The topological polar surface area (TPSA) is 61.4 Å². The van der Waals surface area contributed by atoms with Gasteiger partial charge >= 0.3 is 0 Å². The van der Waals surface area contributed by atoms with Gasteiger partial charge in [0.15, 0.2) is 0 Å². The molecule has 0 aromatic heterocycles. The van der Waals surface area contributed by atoms with Crippen LogP contribution in [0.5, 0.6) is 0 Å². The molecule has 0 bridgehead atoms. The van der Waals surface area contributed by atoms with Gasteiger partial charge in [-0.15, -0.1) is 0 Å². The molecule has 0 aliphatic heterocycles. The van der Waals surface area contributed by atoms with E-state index in [-0.39, 0.29) is 18.4 Å². The molecule has 20 heavy (non-hydrogen) atoms. The zero-order valence-electron chi connectivity index (χ0n) is 12.4. The third-order valence-electron chi connectivity index (χ3n) is 3.02. The van der Waals surface area contributed by atoms with E-state index >= 15 is 0 Å². The number of amides is 2. The number of hydrogen-bond donors (Lipinski definition) is 2. The van der Waals surface area contributed by atoms with Crippen LogP contribution in [0.15, 0.2) is 24.3 Å². The highest BCUT2D eigenvalue weighted by Crippen LogP contribution is 2.10. The summed E-state index contributed by atoms with van der Waals surface area (Å²) >= 11 is 0. The van der Waals surface area contributed by atoms with Gasteiger partial charge in [0.1, 0.15) is 0 Å². The van der Waals surface area contributed by atoms with Gasteiger partial charge in [-0.1, -0.05) is 6.07 Å². The predicted molar refractivity (Wildman–Crippen MR) is 80.9 cm³/mol. The molecule has 0 saturated carbocycles. The lowest BCUT2D eigenvalue weighted by Gasteiger charge is -2.19. The van der Waals surface area contributed by atoms with Crippen LogP contribution in [0.4, 0.5) is 5.69 Å². The van der Waals surface area contributed by atoms with E-state index < -0.39 is 0 Å². The van der Waals surface area contributed by atoms with Crippen molar-refractivity contribution < 1.29 is 9.59 Å². The molecule has 0 unspecified atom stereocenters. The molecular formula is C15H23N3O2. The molecule has 0 aliphatic rings. The number of carbonyl (C=O) groups is 2. The Kier molecular flexibility index (Phi) is 6.56. The second-order valence-corrected chi connectivity index (χ2v) is 4.36. The van der Waals surface area contributed by atoms with E-state index in [2.05, 4.69) is 10.6 Å². The van der Waals surface area contributed by atoms with Gasteiger partial charge in [0.25, 0.3) is 5.91 Å². The zero-order valence-corrected chi connectivity index (χ0v) is 12.4. The van der Waals surface area contributed by atoms with Crippen LogP contribution in [0.25, 0.3) is 0 Å². The highest BCUT2D eigenvalue weighted by molar-refractivity contribution is 5.95. The zero-order chi connectivity index (χ0) is 15.0. The lowest BCUT2D eigenvalue weighted by molar-refractivity contribution is -0.128. The fourth-order valence-corrected chi connectivity index (χ4v) is 1.90. The number of hydrogen-bond acceptors (Lipinski definition) is 3. The highest BCUT2D eigenvalue weighted by Gasteiger charge is 2.09. The van der Waals surface area contributed by atoms with Crippen LogP contribution in [-0.2, 0) is 4.79 Å². The Labute approximate surface area is 120 Å². The van der Waals surface area contributed by atoms with Crippen molar-refractivity contribution in [2.75, 3.05) is 31.5 Å². The number of benzene rings is 1. The van der Waals surface area contributed by atoms with E-state index in [9.17, 15) is 9.59 Å². The summed E-state index contributed by atoms with van der Waals surface area (Å²) in [5.74, 6) is -0.0513. The standard InChI is InChI=1S/C15H23N3O2/c1-4-16-15(20)12-8-7-9-13(10-12)17-11-14(19)18(5-2)6-3/h7-10,17H,4-6,11H2,1-3H3,(H,16,20). The summed E-state index contributed by atoms with van der Waals surface area (Å²) in [4.78, 5) is 25.4. The van der Waals surface area contributed by atoms with Gasteiger partial charge in [-0.25, -0.2) is 0 Å². The average Bonchev–Trinajstić information content (AvgIpc) is 2.47. The summed E-state index contributed by atoms with van der Waals surface area (Å²) in [6.45, 7) is 8.03. The lowest BCUT2D eigenvalue weighted by atomic mass is 10.2. The first-order chi connectivity index (χ1) is 9.62. The molecular weight excluding hydrogens is 254 g/mol. The molecule has 0 aliphatic carbocycles. The molecule has 0 atom stereocenters. The number of rotatable bonds is 7. The summed E-state index contributed by atoms with van der Waals surface area (Å²) in [6.07, 6.45) is 0. The molecule has 110 valence electrons. The Morgan fingerprint density at radius 3 is 2.45 bits per heavy atom. The second kappa shape index (κ2) is 8.19. The van der Waals surface area contributed by atoms with Gasteiger partial charge in [-0.05, 0) is 39.0 Å². The molecule has 5 heteroatoms. The van der Waals surface area contributed by atoms with E-state index in [4.69, 9.17) is 0 Å². The van der Waals surface area contributed by atoms with Crippen LogP contribution in [0, 0.1) is 0 Å². The largest absolute Gasteiger partial charge is 0.376 e. The Balaban J connectivity index is 2.63. The molecule has 1 aromatic carbocycles. The Morgan fingerprint density at radius 1 is 1.15 bits per heavy atom. The SMILES string of the molecule is CCNC(=O)c1cccc(NCC(=O)N(CC)CC)c1. The van der Waals surface area contributed by atoms with Crippen LogP contribution in [0.2, 0.25) is 0 Å². The Bertz CT molecular complexity index is 456. The van der Waals surface area contributed by atoms with Crippen LogP contribution in [0.1, 0.15) is 31.1 Å². The molecule has 2 amide bonds. The maximum atomic E-state index is 11.9. The molecule has 0 radical (unpaired) electrons. The van der Waals surface area contributed by atoms with Crippen molar-refractivity contribution in [3.05, 3.63) is 29.8 Å². The smallest absolute Gasteiger partial charge is 0.251 e. The Hall–Kier alpha value is -2.04. The van der Waals surface area contributed by atoms with Gasteiger partial charge in [0.05, 0.1) is 6.54 Å². The molecule has 5 nitrogen and oxygen atoms in total. The average molecular weight is 277 g/mol. The predicted octanol–water partition coefficient (Wildman–Crippen LogP) is 1.72. The van der Waals surface area contributed by atoms with E-state index in [1.807, 2.05) is 26.8 Å². The minimum absolute atomic E-state index is 0.0541. The number of nitrogens with one attached hydrogen (secondary N) is 2. The van der Waals surface area contributed by atoms with Crippen molar-refractivity contribution in [2.24, 2.45) is 0 Å². The van der Waals surface area contributed by atoms with Crippen LogP contribution >= 0.6 is 0 Å². The fraction of sp³-hybridized carbons (Fsp3) is 0.467. The molecule has 0 fully saturated rings. The molecule has 0 saturated heterocycles. The van der Waals surface area contributed by atoms with Gasteiger partial charge in [0, 0.05) is 30.9 Å². The molecule has 0 heterocycles. The molecule has 2 N–H and O–H groups in total. The summed E-state index contributed by atoms with van der Waals surface area (Å²) in [6, 6.07) is 7.15. The summed E-state index contributed by atoms with van der Waals surface area (Å²) < 4.78 is 0. The van der Waals surface area contributed by atoms with Crippen molar-refractivity contribution in [3.8, 4) is 0 Å². The third kappa shape index (κ3) is 4.57. The van der Waals surface area contributed by atoms with E-state index in [0.29, 0.717) is 25.2 Å². The minimum atomic E-state index is -0.105. The van der Waals surface area contributed by atoms with Crippen molar-refractivity contribution in [3.63, 3.8) is 0 Å². The lowest BCUT2D eigenvalue weighted by Crippen LogP contribution is -2.35. The maximum absolute atomic E-state index is 11.9. The number of anilines is 1. The first kappa shape index (κ1) is 16.0. The van der Waals surface area contributed by atoms with Crippen molar-refractivity contribution >= 4 is 17.5 Å². The van der Waals surface area contributed by atoms with Crippen LogP contribution < -0.4 is 10.6 Å². The van der Waals surface area contributed by atoms with Crippen LogP contribution in [0.3, 0.4) is 0 Å². The molecule has 1 rings (SSSR count). The van der Waals surface area contributed by atoms with Gasteiger partial charge in [-0.2, -0.15) is 0 Å². The van der Waals surface area contributed by atoms with Gasteiger partial charge < -0.3 is 15.5 Å². The summed E-state index contributed by atoms with van der Waals surface area (Å²) in [5, 5.41) is 5.81. The minimum Gasteiger partial charge on any atom is -0.376 e. The van der Waals surface area contributed by atoms with Crippen molar-refractivity contribution in [2.45, 2.75) is 20.8 Å². The fourth-order valence-electron chi connectivity index (χ4n) is 1.90. The first-order valence-corrected chi connectivity index (χ1v) is 7.02.